The molecule has 1 heterocycles. The highest BCUT2D eigenvalue weighted by atomic mass is 19.1. The Balaban J connectivity index is 1.55. The van der Waals surface area contributed by atoms with Crippen molar-refractivity contribution in [3.05, 3.63) is 76.9 Å². The Hall–Kier alpha value is -3.68. The fraction of sp³-hybridized carbons (Fsp3) is 0.261. The van der Waals surface area contributed by atoms with E-state index in [1.165, 1.54) is 12.1 Å². The maximum Gasteiger partial charge on any atom is 0.290 e. The quantitative estimate of drug-likeness (QED) is 0.499. The van der Waals surface area contributed by atoms with E-state index in [0.717, 1.165) is 43.4 Å². The molecule has 0 bridgehead atoms. The second-order valence-corrected chi connectivity index (χ2v) is 7.36. The summed E-state index contributed by atoms with van der Waals surface area (Å²) in [5.74, 6) is -0.628. The molecule has 2 N–H and O–H groups in total. The Bertz CT molecular complexity index is 1090. The molecule has 1 aromatic heterocycles. The fourth-order valence-corrected chi connectivity index (χ4v) is 3.74. The van der Waals surface area contributed by atoms with E-state index in [2.05, 4.69) is 16.0 Å². The number of benzene rings is 2. The van der Waals surface area contributed by atoms with Crippen molar-refractivity contribution in [1.82, 2.24) is 20.6 Å². The number of hydrazine groups is 1. The molecule has 0 unspecified atom stereocenters. The number of nitrogens with one attached hydrogen (secondary N) is 2. The van der Waals surface area contributed by atoms with Crippen LogP contribution in [0.3, 0.4) is 0 Å². The molecular formula is C23H23FN4O3. The second-order valence-electron chi connectivity index (χ2n) is 7.36. The smallest absolute Gasteiger partial charge is 0.290 e. The summed E-state index contributed by atoms with van der Waals surface area (Å²) in [7, 11) is 1.54. The van der Waals surface area contributed by atoms with Gasteiger partial charge in [-0.25, -0.2) is 9.07 Å². The predicted octanol–water partition coefficient (Wildman–Crippen LogP) is 3.36. The van der Waals surface area contributed by atoms with Gasteiger partial charge in [0.2, 0.25) is 0 Å². The number of carbonyl (C=O) groups is 2. The molecule has 0 spiro atoms. The van der Waals surface area contributed by atoms with Crippen LogP contribution in [-0.2, 0) is 12.8 Å². The lowest BCUT2D eigenvalue weighted by Crippen LogP contribution is -2.42. The summed E-state index contributed by atoms with van der Waals surface area (Å²) in [6, 6.07) is 12.6. The van der Waals surface area contributed by atoms with Crippen molar-refractivity contribution in [2.45, 2.75) is 32.1 Å². The molecule has 8 heteroatoms. The van der Waals surface area contributed by atoms with E-state index in [-0.39, 0.29) is 11.5 Å². The van der Waals surface area contributed by atoms with E-state index in [0.29, 0.717) is 17.0 Å². The molecule has 0 saturated heterocycles. The van der Waals surface area contributed by atoms with Gasteiger partial charge in [-0.05, 0) is 74.2 Å². The SMILES string of the molecule is COc1ccc(C(=O)NNC(=O)c2nn(-c3ccc(F)cc3)c3c2CCCCC3)cc1. The van der Waals surface area contributed by atoms with Gasteiger partial charge in [-0.3, -0.25) is 20.4 Å². The van der Waals surface area contributed by atoms with Gasteiger partial charge in [-0.1, -0.05) is 6.42 Å². The van der Waals surface area contributed by atoms with Crippen molar-refractivity contribution in [3.63, 3.8) is 0 Å². The highest BCUT2D eigenvalue weighted by Crippen LogP contribution is 2.26. The molecule has 31 heavy (non-hydrogen) atoms. The summed E-state index contributed by atoms with van der Waals surface area (Å²) in [4.78, 5) is 25.2. The molecule has 2 amide bonds. The number of methoxy groups -OCH3 is 1. The van der Waals surface area contributed by atoms with Crippen LogP contribution < -0.4 is 15.6 Å². The molecule has 160 valence electrons. The number of rotatable bonds is 4. The number of carbonyl (C=O) groups excluding carboxylic acids is 2. The topological polar surface area (TPSA) is 85.2 Å². The molecular weight excluding hydrogens is 399 g/mol. The summed E-state index contributed by atoms with van der Waals surface area (Å²) in [5.41, 5.74) is 8.08. The van der Waals surface area contributed by atoms with E-state index < -0.39 is 11.8 Å². The third-order valence-corrected chi connectivity index (χ3v) is 5.36. The van der Waals surface area contributed by atoms with E-state index in [1.54, 1.807) is 48.2 Å². The molecule has 0 atom stereocenters. The zero-order valence-electron chi connectivity index (χ0n) is 17.2. The summed E-state index contributed by atoms with van der Waals surface area (Å²) >= 11 is 0. The minimum absolute atomic E-state index is 0.274. The Morgan fingerprint density at radius 1 is 0.935 bits per heavy atom. The van der Waals surface area contributed by atoms with Crippen LogP contribution in [0.1, 0.15) is 51.4 Å². The monoisotopic (exact) mass is 422 g/mol. The first kappa shape index (κ1) is 20.6. The number of halogens is 1. The first-order valence-electron chi connectivity index (χ1n) is 10.2. The van der Waals surface area contributed by atoms with E-state index >= 15 is 0 Å². The van der Waals surface area contributed by atoms with Crippen LogP contribution in [0.4, 0.5) is 4.39 Å². The van der Waals surface area contributed by atoms with Crippen molar-refractivity contribution < 1.29 is 18.7 Å². The first-order chi connectivity index (χ1) is 15.1. The van der Waals surface area contributed by atoms with Crippen LogP contribution in [0.15, 0.2) is 48.5 Å². The van der Waals surface area contributed by atoms with Crippen LogP contribution in [0.25, 0.3) is 5.69 Å². The number of ether oxygens (including phenoxy) is 1. The largest absolute Gasteiger partial charge is 0.497 e. The number of hydrogen-bond donors (Lipinski definition) is 2. The average Bonchev–Trinajstić information content (AvgIpc) is 2.98. The van der Waals surface area contributed by atoms with Crippen molar-refractivity contribution in [3.8, 4) is 11.4 Å². The maximum atomic E-state index is 13.4. The third-order valence-electron chi connectivity index (χ3n) is 5.36. The standard InChI is InChI=1S/C23H23FN4O3/c1-31-18-13-7-15(8-14-18)22(29)25-26-23(30)21-19-5-3-2-4-6-20(19)28(27-21)17-11-9-16(24)10-12-17/h7-14H,2-6H2,1H3,(H,25,29)(H,26,30). The molecule has 0 fully saturated rings. The summed E-state index contributed by atoms with van der Waals surface area (Å²) in [5, 5.41) is 4.52. The van der Waals surface area contributed by atoms with Gasteiger partial charge in [0.15, 0.2) is 5.69 Å². The minimum atomic E-state index is -0.485. The molecule has 4 rings (SSSR count). The molecule has 3 aromatic rings. The van der Waals surface area contributed by atoms with Gasteiger partial charge in [0.1, 0.15) is 11.6 Å². The van der Waals surface area contributed by atoms with Gasteiger partial charge in [0.25, 0.3) is 11.8 Å². The van der Waals surface area contributed by atoms with Gasteiger partial charge in [-0.15, -0.1) is 0 Å². The normalized spacial score (nSPS) is 13.1. The van der Waals surface area contributed by atoms with Crippen LogP contribution in [0, 0.1) is 5.82 Å². The van der Waals surface area contributed by atoms with E-state index in [4.69, 9.17) is 4.74 Å². The zero-order valence-corrected chi connectivity index (χ0v) is 17.2. The second kappa shape index (κ2) is 8.99. The molecule has 0 aliphatic heterocycles. The third kappa shape index (κ3) is 4.42. The molecule has 1 aliphatic rings. The van der Waals surface area contributed by atoms with Gasteiger partial charge in [-0.2, -0.15) is 5.10 Å². The minimum Gasteiger partial charge on any atom is -0.497 e. The molecule has 0 radical (unpaired) electrons. The lowest BCUT2D eigenvalue weighted by Gasteiger charge is -2.08. The van der Waals surface area contributed by atoms with Crippen LogP contribution in [0.5, 0.6) is 5.75 Å². The Kier molecular flexibility index (Phi) is 5.97. The maximum absolute atomic E-state index is 13.4. The molecule has 1 aliphatic carbocycles. The lowest BCUT2D eigenvalue weighted by atomic mass is 10.1. The Labute approximate surface area is 179 Å². The van der Waals surface area contributed by atoms with Gasteiger partial charge in [0.05, 0.1) is 12.8 Å². The lowest BCUT2D eigenvalue weighted by molar-refractivity contribution is 0.0843. The van der Waals surface area contributed by atoms with Crippen LogP contribution in [0.2, 0.25) is 0 Å². The number of hydrogen-bond acceptors (Lipinski definition) is 4. The number of aromatic nitrogens is 2. The Morgan fingerprint density at radius 2 is 1.61 bits per heavy atom. The predicted molar refractivity (Wildman–Crippen MR) is 113 cm³/mol. The van der Waals surface area contributed by atoms with E-state index in [1.807, 2.05) is 0 Å². The first-order valence-corrected chi connectivity index (χ1v) is 10.2. The molecule has 7 nitrogen and oxygen atoms in total. The average molecular weight is 422 g/mol. The van der Waals surface area contributed by atoms with Crippen molar-refractivity contribution in [2.75, 3.05) is 7.11 Å². The van der Waals surface area contributed by atoms with Gasteiger partial charge < -0.3 is 4.74 Å². The number of amides is 2. The number of fused-ring (bicyclic) bond motifs is 1. The molecule has 0 saturated carbocycles. The highest BCUT2D eigenvalue weighted by molar-refractivity contribution is 5.99. The number of nitrogens with zero attached hydrogens (tertiary/aromatic N) is 2. The van der Waals surface area contributed by atoms with Crippen molar-refractivity contribution in [1.29, 1.82) is 0 Å². The van der Waals surface area contributed by atoms with Crippen molar-refractivity contribution in [2.24, 2.45) is 0 Å². The fourth-order valence-electron chi connectivity index (χ4n) is 3.74. The molecule has 2 aromatic carbocycles. The van der Waals surface area contributed by atoms with Crippen molar-refractivity contribution >= 4 is 11.8 Å². The van der Waals surface area contributed by atoms with E-state index in [9.17, 15) is 14.0 Å². The van der Waals surface area contributed by atoms with Crippen LogP contribution >= 0.6 is 0 Å². The summed E-state index contributed by atoms with van der Waals surface area (Å²) < 4.78 is 20.1. The van der Waals surface area contributed by atoms with Crippen LogP contribution in [-0.4, -0.2) is 28.7 Å². The summed E-state index contributed by atoms with van der Waals surface area (Å²) in [6.45, 7) is 0. The highest BCUT2D eigenvalue weighted by Gasteiger charge is 2.25. The zero-order chi connectivity index (χ0) is 21.8. The Morgan fingerprint density at radius 3 is 2.32 bits per heavy atom. The summed E-state index contributed by atoms with van der Waals surface area (Å²) in [6.07, 6.45) is 4.53. The van der Waals surface area contributed by atoms with Gasteiger partial charge in [0, 0.05) is 16.8 Å². The van der Waals surface area contributed by atoms with Gasteiger partial charge >= 0.3 is 0 Å².